The molecule has 0 aliphatic carbocycles. The summed E-state index contributed by atoms with van der Waals surface area (Å²) in [6.07, 6.45) is 1.83. The molecule has 1 aromatic heterocycles. The smallest absolute Gasteiger partial charge is 0.225 e. The average molecular weight is 402 g/mol. The van der Waals surface area contributed by atoms with Gasteiger partial charge in [0.05, 0.1) is 18.7 Å². The molecule has 3 aromatic rings. The predicted molar refractivity (Wildman–Crippen MR) is 117 cm³/mol. The minimum absolute atomic E-state index is 0.0657. The lowest BCUT2D eigenvalue weighted by Crippen LogP contribution is -2.43. The van der Waals surface area contributed by atoms with E-state index in [0.717, 1.165) is 47.8 Å². The topological polar surface area (TPSA) is 67.3 Å². The lowest BCUT2D eigenvalue weighted by atomic mass is 9.97. The highest BCUT2D eigenvalue weighted by Gasteiger charge is 2.26. The fourth-order valence-electron chi connectivity index (χ4n) is 3.83. The van der Waals surface area contributed by atoms with Crippen molar-refractivity contribution in [3.05, 3.63) is 72.3 Å². The van der Waals surface area contributed by atoms with Gasteiger partial charge in [-0.25, -0.2) is 0 Å². The van der Waals surface area contributed by atoms with Gasteiger partial charge in [-0.1, -0.05) is 48.5 Å². The number of methoxy groups -OCH3 is 1. The number of piperidine rings is 1. The molecule has 154 valence electrons. The van der Waals surface area contributed by atoms with Crippen LogP contribution in [0.4, 0.5) is 5.82 Å². The number of rotatable bonds is 6. The normalized spacial score (nSPS) is 16.2. The van der Waals surface area contributed by atoms with E-state index >= 15 is 0 Å². The molecule has 0 bridgehead atoms. The first-order chi connectivity index (χ1) is 14.7. The quantitative estimate of drug-likeness (QED) is 0.681. The highest BCUT2D eigenvalue weighted by molar-refractivity contribution is 5.79. The maximum Gasteiger partial charge on any atom is 0.225 e. The first kappa shape index (κ1) is 19.9. The number of nitrogens with zero attached hydrogens (tertiary/aromatic N) is 3. The van der Waals surface area contributed by atoms with Gasteiger partial charge in [0.15, 0.2) is 5.82 Å². The second-order valence-electron chi connectivity index (χ2n) is 7.46. The largest absolute Gasteiger partial charge is 0.496 e. The van der Waals surface area contributed by atoms with E-state index in [2.05, 4.69) is 20.4 Å². The van der Waals surface area contributed by atoms with E-state index < -0.39 is 0 Å². The molecule has 2 aromatic carbocycles. The Balaban J connectivity index is 1.37. The van der Waals surface area contributed by atoms with Crippen LogP contribution < -0.4 is 15.0 Å². The second-order valence-corrected chi connectivity index (χ2v) is 7.46. The molecule has 30 heavy (non-hydrogen) atoms. The summed E-state index contributed by atoms with van der Waals surface area (Å²) >= 11 is 0. The highest BCUT2D eigenvalue weighted by atomic mass is 16.5. The molecule has 6 nitrogen and oxygen atoms in total. The van der Waals surface area contributed by atoms with Gasteiger partial charge in [-0.3, -0.25) is 4.79 Å². The first-order valence-corrected chi connectivity index (χ1v) is 10.3. The zero-order valence-corrected chi connectivity index (χ0v) is 17.1. The molecule has 1 amide bonds. The summed E-state index contributed by atoms with van der Waals surface area (Å²) in [6, 6.07) is 21.7. The number of hydrogen-bond acceptors (Lipinski definition) is 5. The van der Waals surface area contributed by atoms with E-state index in [4.69, 9.17) is 4.74 Å². The van der Waals surface area contributed by atoms with Gasteiger partial charge in [-0.2, -0.15) is 0 Å². The van der Waals surface area contributed by atoms with Gasteiger partial charge in [0.2, 0.25) is 5.91 Å². The number of para-hydroxylation sites is 1. The zero-order valence-electron chi connectivity index (χ0n) is 17.1. The number of benzene rings is 2. The minimum atomic E-state index is -0.0657. The molecule has 1 atom stereocenters. The van der Waals surface area contributed by atoms with Crippen molar-refractivity contribution in [2.75, 3.05) is 25.1 Å². The van der Waals surface area contributed by atoms with Crippen molar-refractivity contribution in [3.8, 4) is 17.0 Å². The van der Waals surface area contributed by atoms with Crippen molar-refractivity contribution in [2.24, 2.45) is 5.92 Å². The number of carbonyl (C=O) groups excluding carboxylic acids is 1. The zero-order chi connectivity index (χ0) is 20.8. The maximum absolute atomic E-state index is 12.8. The number of carbonyl (C=O) groups is 1. The summed E-state index contributed by atoms with van der Waals surface area (Å²) in [5.74, 6) is 1.61. The molecule has 2 heterocycles. The summed E-state index contributed by atoms with van der Waals surface area (Å²) in [4.78, 5) is 14.9. The molecule has 0 radical (unpaired) electrons. The molecule has 1 N–H and O–H groups in total. The van der Waals surface area contributed by atoms with Crippen LogP contribution in [0.15, 0.2) is 66.7 Å². The number of amides is 1. The van der Waals surface area contributed by atoms with Crippen molar-refractivity contribution >= 4 is 11.7 Å². The summed E-state index contributed by atoms with van der Waals surface area (Å²) in [5, 5.41) is 11.9. The Morgan fingerprint density at radius 3 is 2.63 bits per heavy atom. The standard InChI is InChI=1S/C24H26N4O2/c1-30-22-12-6-5-10-19(22)16-25-24(29)20-11-7-15-28(17-20)23-14-13-21(26-27-23)18-8-3-2-4-9-18/h2-6,8-10,12-14,20H,7,11,15-17H2,1H3,(H,25,29). The molecule has 4 rings (SSSR count). The Kier molecular flexibility index (Phi) is 6.23. The van der Waals surface area contributed by atoms with E-state index in [1.54, 1.807) is 7.11 Å². The number of hydrogen-bond donors (Lipinski definition) is 1. The molecule has 0 spiro atoms. The number of aromatic nitrogens is 2. The fraction of sp³-hybridized carbons (Fsp3) is 0.292. The number of nitrogens with one attached hydrogen (secondary N) is 1. The van der Waals surface area contributed by atoms with Crippen LogP contribution in [0.3, 0.4) is 0 Å². The first-order valence-electron chi connectivity index (χ1n) is 10.3. The summed E-state index contributed by atoms with van der Waals surface area (Å²) in [5.41, 5.74) is 2.87. The van der Waals surface area contributed by atoms with Crippen LogP contribution in [0.2, 0.25) is 0 Å². The van der Waals surface area contributed by atoms with Gasteiger partial charge < -0.3 is 15.0 Å². The maximum atomic E-state index is 12.8. The highest BCUT2D eigenvalue weighted by Crippen LogP contribution is 2.24. The molecule has 1 fully saturated rings. The predicted octanol–water partition coefficient (Wildman–Crippen LogP) is 3.69. The lowest BCUT2D eigenvalue weighted by molar-refractivity contribution is -0.125. The average Bonchev–Trinajstić information content (AvgIpc) is 2.83. The molecule has 1 saturated heterocycles. The van der Waals surface area contributed by atoms with Crippen molar-refractivity contribution in [3.63, 3.8) is 0 Å². The van der Waals surface area contributed by atoms with Gasteiger partial charge in [-0.15, -0.1) is 10.2 Å². The number of ether oxygens (including phenoxy) is 1. The molecule has 1 aliphatic heterocycles. The Labute approximate surface area is 176 Å². The van der Waals surface area contributed by atoms with Crippen LogP contribution in [0, 0.1) is 5.92 Å². The Hall–Kier alpha value is -3.41. The fourth-order valence-corrected chi connectivity index (χ4v) is 3.83. The van der Waals surface area contributed by atoms with Crippen LogP contribution in [-0.2, 0) is 11.3 Å². The lowest BCUT2D eigenvalue weighted by Gasteiger charge is -2.32. The number of anilines is 1. The van der Waals surface area contributed by atoms with E-state index in [0.29, 0.717) is 13.1 Å². The molecule has 0 saturated carbocycles. The van der Waals surface area contributed by atoms with Gasteiger partial charge in [-0.05, 0) is 31.0 Å². The molecular formula is C24H26N4O2. The summed E-state index contributed by atoms with van der Waals surface area (Å²) < 4.78 is 5.36. The Morgan fingerprint density at radius 1 is 1.07 bits per heavy atom. The SMILES string of the molecule is COc1ccccc1CNC(=O)C1CCCN(c2ccc(-c3ccccc3)nn2)C1. The van der Waals surface area contributed by atoms with Crippen molar-refractivity contribution in [2.45, 2.75) is 19.4 Å². The van der Waals surface area contributed by atoms with E-state index in [1.807, 2.05) is 66.7 Å². The third-order valence-electron chi connectivity index (χ3n) is 5.48. The van der Waals surface area contributed by atoms with Crippen LogP contribution in [0.1, 0.15) is 18.4 Å². The molecular weight excluding hydrogens is 376 g/mol. The Bertz CT molecular complexity index is 976. The van der Waals surface area contributed by atoms with Gasteiger partial charge in [0.25, 0.3) is 0 Å². The van der Waals surface area contributed by atoms with Crippen LogP contribution >= 0.6 is 0 Å². The summed E-state index contributed by atoms with van der Waals surface area (Å²) in [6.45, 7) is 2.00. The molecule has 1 aliphatic rings. The van der Waals surface area contributed by atoms with Gasteiger partial charge in [0, 0.05) is 30.8 Å². The van der Waals surface area contributed by atoms with Crippen molar-refractivity contribution < 1.29 is 9.53 Å². The second kappa shape index (κ2) is 9.39. The van der Waals surface area contributed by atoms with Crippen LogP contribution in [0.25, 0.3) is 11.3 Å². The minimum Gasteiger partial charge on any atom is -0.496 e. The monoisotopic (exact) mass is 402 g/mol. The van der Waals surface area contributed by atoms with E-state index in [1.165, 1.54) is 0 Å². The summed E-state index contributed by atoms with van der Waals surface area (Å²) in [7, 11) is 1.64. The molecule has 1 unspecified atom stereocenters. The van der Waals surface area contributed by atoms with Gasteiger partial charge >= 0.3 is 0 Å². The van der Waals surface area contributed by atoms with E-state index in [9.17, 15) is 4.79 Å². The molecule has 6 heteroatoms. The third kappa shape index (κ3) is 4.59. The Morgan fingerprint density at radius 2 is 1.87 bits per heavy atom. The van der Waals surface area contributed by atoms with Crippen molar-refractivity contribution in [1.82, 2.24) is 15.5 Å². The van der Waals surface area contributed by atoms with Crippen LogP contribution in [0.5, 0.6) is 5.75 Å². The van der Waals surface area contributed by atoms with Crippen molar-refractivity contribution in [1.29, 1.82) is 0 Å². The van der Waals surface area contributed by atoms with E-state index in [-0.39, 0.29) is 11.8 Å². The van der Waals surface area contributed by atoms with Gasteiger partial charge in [0.1, 0.15) is 5.75 Å². The third-order valence-corrected chi connectivity index (χ3v) is 5.48. The van der Waals surface area contributed by atoms with Crippen LogP contribution in [-0.4, -0.2) is 36.3 Å².